The van der Waals surface area contributed by atoms with E-state index in [1.54, 1.807) is 0 Å². The Morgan fingerprint density at radius 1 is 1.03 bits per heavy atom. The highest BCUT2D eigenvalue weighted by atomic mass is 16.5. The number of ether oxygens (including phenoxy) is 1. The lowest BCUT2D eigenvalue weighted by Gasteiger charge is -2.59. The van der Waals surface area contributed by atoms with E-state index in [0.717, 1.165) is 19.3 Å². The maximum Gasteiger partial charge on any atom is 0.332 e. The molecule has 4 saturated carbocycles. The summed E-state index contributed by atoms with van der Waals surface area (Å²) in [4.78, 5) is 50.2. The van der Waals surface area contributed by atoms with Gasteiger partial charge in [-0.15, -0.1) is 0 Å². The molecule has 35 heavy (non-hydrogen) atoms. The van der Waals surface area contributed by atoms with E-state index in [2.05, 4.69) is 6.92 Å². The van der Waals surface area contributed by atoms with Crippen LogP contribution in [-0.4, -0.2) is 45.1 Å². The Bertz CT molecular complexity index is 1080. The number of rotatable bonds is 3. The van der Waals surface area contributed by atoms with Crippen LogP contribution in [0.15, 0.2) is 22.5 Å². The SMILES string of the molecule is CC(=O)OC1=C2C(CC3C4CCC5CC(O)CCC5(C)C4C(=O)CC23C)C(C(=O)O)=C(C(=O)O)C1. The molecule has 0 heterocycles. The summed E-state index contributed by atoms with van der Waals surface area (Å²) >= 11 is 0. The summed E-state index contributed by atoms with van der Waals surface area (Å²) in [5, 5.41) is 30.1. The molecule has 0 aromatic heterocycles. The molecule has 0 radical (unpaired) electrons. The van der Waals surface area contributed by atoms with Gasteiger partial charge in [-0.2, -0.15) is 0 Å². The van der Waals surface area contributed by atoms with Crippen molar-refractivity contribution < 1.29 is 39.2 Å². The van der Waals surface area contributed by atoms with Crippen LogP contribution in [0.1, 0.15) is 72.1 Å². The zero-order valence-electron chi connectivity index (χ0n) is 20.5. The second kappa shape index (κ2) is 8.02. The van der Waals surface area contributed by atoms with E-state index < -0.39 is 29.2 Å². The molecular weight excluding hydrogens is 452 g/mol. The molecule has 8 heteroatoms. The molecule has 0 aromatic rings. The zero-order valence-corrected chi connectivity index (χ0v) is 20.5. The molecule has 5 aliphatic carbocycles. The highest BCUT2D eigenvalue weighted by Gasteiger charge is 2.65. The van der Waals surface area contributed by atoms with Crippen molar-refractivity contribution in [1.29, 1.82) is 0 Å². The number of carboxylic acid groups (broad SMARTS) is 2. The number of aliphatic hydroxyl groups excluding tert-OH is 1. The molecular formula is C27H34O8. The van der Waals surface area contributed by atoms with Crippen LogP contribution in [0, 0.1) is 40.4 Å². The molecule has 8 unspecified atom stereocenters. The van der Waals surface area contributed by atoms with Crippen LogP contribution in [0.2, 0.25) is 0 Å². The Morgan fingerprint density at radius 3 is 2.37 bits per heavy atom. The molecule has 0 aromatic carbocycles. The van der Waals surface area contributed by atoms with E-state index in [9.17, 15) is 34.5 Å². The van der Waals surface area contributed by atoms with E-state index in [1.165, 1.54) is 6.92 Å². The Morgan fingerprint density at radius 2 is 1.74 bits per heavy atom. The number of hydrogen-bond donors (Lipinski definition) is 3. The molecule has 3 N–H and O–H groups in total. The van der Waals surface area contributed by atoms with Crippen LogP contribution in [0.25, 0.3) is 0 Å². The molecule has 0 spiro atoms. The first-order valence-electron chi connectivity index (χ1n) is 12.7. The van der Waals surface area contributed by atoms with E-state index in [1.807, 2.05) is 6.92 Å². The molecule has 0 amide bonds. The molecule has 0 saturated heterocycles. The van der Waals surface area contributed by atoms with Crippen LogP contribution >= 0.6 is 0 Å². The quantitative estimate of drug-likeness (QED) is 0.516. The first-order valence-corrected chi connectivity index (χ1v) is 12.7. The van der Waals surface area contributed by atoms with Gasteiger partial charge in [0.25, 0.3) is 0 Å². The summed E-state index contributed by atoms with van der Waals surface area (Å²) in [6.07, 6.45) is 4.01. The highest BCUT2D eigenvalue weighted by Crippen LogP contribution is 2.69. The Labute approximate surface area is 204 Å². The van der Waals surface area contributed by atoms with Crippen LogP contribution in [0.5, 0.6) is 0 Å². The average molecular weight is 487 g/mol. The van der Waals surface area contributed by atoms with Crippen molar-refractivity contribution in [2.45, 2.75) is 78.2 Å². The van der Waals surface area contributed by atoms with Gasteiger partial charge in [0, 0.05) is 37.0 Å². The number of Topliss-reactive ketones (excluding diaryl/α,β-unsaturated/α-hetero) is 1. The number of ketones is 1. The number of hydrogen-bond acceptors (Lipinski definition) is 6. The molecule has 5 rings (SSSR count). The van der Waals surface area contributed by atoms with Gasteiger partial charge in [-0.1, -0.05) is 13.8 Å². The summed E-state index contributed by atoms with van der Waals surface area (Å²) in [5.41, 5.74) is -0.624. The number of aliphatic carboxylic acids is 2. The number of carbonyl (C=O) groups excluding carboxylic acids is 2. The van der Waals surface area contributed by atoms with Crippen LogP contribution < -0.4 is 0 Å². The predicted molar refractivity (Wildman–Crippen MR) is 123 cm³/mol. The van der Waals surface area contributed by atoms with Gasteiger partial charge >= 0.3 is 17.9 Å². The lowest BCUT2D eigenvalue weighted by molar-refractivity contribution is -0.157. The van der Waals surface area contributed by atoms with Crippen LogP contribution in [0.3, 0.4) is 0 Å². The summed E-state index contributed by atoms with van der Waals surface area (Å²) < 4.78 is 5.53. The average Bonchev–Trinajstić information content (AvgIpc) is 3.05. The van der Waals surface area contributed by atoms with E-state index >= 15 is 0 Å². The third-order valence-electron chi connectivity index (χ3n) is 10.2. The Kier molecular flexibility index (Phi) is 5.55. The first kappa shape index (κ1) is 24.2. The van der Waals surface area contributed by atoms with Crippen LogP contribution in [-0.2, 0) is 23.9 Å². The number of carboxylic acids is 2. The standard InChI is InChI=1S/C27H34O8/c1-12(28)35-20-10-17(24(31)32)21(25(33)34)16-9-18-15-5-4-13-8-14(29)6-7-26(13,2)22(15)19(30)11-27(18,3)23(16)20/h13-16,18,22,29H,4-11H2,1-3H3,(H,31,32)(H,33,34). The largest absolute Gasteiger partial charge is 0.478 e. The van der Waals surface area contributed by atoms with Gasteiger partial charge < -0.3 is 20.1 Å². The summed E-state index contributed by atoms with van der Waals surface area (Å²) in [6, 6.07) is 0. The van der Waals surface area contributed by atoms with Gasteiger partial charge in [0.15, 0.2) is 0 Å². The minimum Gasteiger partial charge on any atom is -0.478 e. The maximum absolute atomic E-state index is 13.9. The van der Waals surface area contributed by atoms with Crippen molar-refractivity contribution in [3.63, 3.8) is 0 Å². The van der Waals surface area contributed by atoms with Crippen molar-refractivity contribution >= 4 is 23.7 Å². The zero-order chi connectivity index (χ0) is 25.4. The minimum atomic E-state index is -1.33. The molecule has 5 aliphatic rings. The number of aliphatic hydroxyl groups is 1. The minimum absolute atomic E-state index is 0.0112. The van der Waals surface area contributed by atoms with Gasteiger partial charge in [0.05, 0.1) is 17.3 Å². The number of fused-ring (bicyclic) bond motifs is 7. The monoisotopic (exact) mass is 486 g/mol. The summed E-state index contributed by atoms with van der Waals surface area (Å²) in [5.74, 6) is -3.32. The Balaban J connectivity index is 1.62. The van der Waals surface area contributed by atoms with E-state index in [0.29, 0.717) is 24.8 Å². The fourth-order valence-corrected chi connectivity index (χ4v) is 8.99. The third kappa shape index (κ3) is 3.43. The topological polar surface area (TPSA) is 138 Å². The second-order valence-corrected chi connectivity index (χ2v) is 11.9. The third-order valence-corrected chi connectivity index (χ3v) is 10.2. The van der Waals surface area contributed by atoms with Crippen molar-refractivity contribution in [2.24, 2.45) is 40.4 Å². The van der Waals surface area contributed by atoms with Crippen molar-refractivity contribution in [1.82, 2.24) is 0 Å². The van der Waals surface area contributed by atoms with E-state index in [-0.39, 0.29) is 70.7 Å². The summed E-state index contributed by atoms with van der Waals surface area (Å²) in [7, 11) is 0. The molecule has 4 fully saturated rings. The number of esters is 1. The molecule has 8 atom stereocenters. The normalized spacial score (nSPS) is 42.6. The van der Waals surface area contributed by atoms with Gasteiger partial charge in [-0.3, -0.25) is 9.59 Å². The molecule has 190 valence electrons. The highest BCUT2D eigenvalue weighted by molar-refractivity contribution is 6.01. The van der Waals surface area contributed by atoms with Gasteiger partial charge in [0.1, 0.15) is 11.5 Å². The maximum atomic E-state index is 13.9. The molecule has 8 nitrogen and oxygen atoms in total. The predicted octanol–water partition coefficient (Wildman–Crippen LogP) is 3.48. The van der Waals surface area contributed by atoms with E-state index in [4.69, 9.17) is 4.74 Å². The van der Waals surface area contributed by atoms with Crippen molar-refractivity contribution in [3.05, 3.63) is 22.5 Å². The fraction of sp³-hybridized carbons (Fsp3) is 0.704. The summed E-state index contributed by atoms with van der Waals surface area (Å²) in [6.45, 7) is 5.42. The van der Waals surface area contributed by atoms with Crippen molar-refractivity contribution in [3.8, 4) is 0 Å². The fourth-order valence-electron chi connectivity index (χ4n) is 8.99. The second-order valence-electron chi connectivity index (χ2n) is 11.9. The van der Waals surface area contributed by atoms with Gasteiger partial charge in [-0.25, -0.2) is 9.59 Å². The lowest BCUT2D eigenvalue weighted by atomic mass is 9.44. The smallest absolute Gasteiger partial charge is 0.332 e. The number of allylic oxidation sites excluding steroid dienone is 2. The number of carbonyl (C=O) groups is 4. The van der Waals surface area contributed by atoms with Gasteiger partial charge in [0.2, 0.25) is 0 Å². The molecule has 0 bridgehead atoms. The lowest BCUT2D eigenvalue weighted by Crippen LogP contribution is -2.57. The van der Waals surface area contributed by atoms with Crippen LogP contribution in [0.4, 0.5) is 0 Å². The first-order chi connectivity index (χ1) is 16.4. The molecule has 0 aliphatic heterocycles. The van der Waals surface area contributed by atoms with Gasteiger partial charge in [-0.05, 0) is 67.3 Å². The van der Waals surface area contributed by atoms with Crippen molar-refractivity contribution in [2.75, 3.05) is 0 Å². The Hall–Kier alpha value is -2.48.